The van der Waals surface area contributed by atoms with Crippen LogP contribution < -0.4 is 0 Å². The van der Waals surface area contributed by atoms with Gasteiger partial charge in [0.05, 0.1) is 4.92 Å². The lowest BCUT2D eigenvalue weighted by molar-refractivity contribution is -0.384. The predicted octanol–water partition coefficient (Wildman–Crippen LogP) is 4.94. The fourth-order valence-corrected chi connectivity index (χ4v) is 2.69. The van der Waals surface area contributed by atoms with Crippen LogP contribution in [0.3, 0.4) is 0 Å². The highest BCUT2D eigenvalue weighted by Gasteiger charge is 2.22. The number of nitrogens with zero attached hydrogens (tertiary/aromatic N) is 1. The lowest BCUT2D eigenvalue weighted by atomic mass is 10.1. The van der Waals surface area contributed by atoms with Gasteiger partial charge in [0.2, 0.25) is 11.5 Å². The van der Waals surface area contributed by atoms with Crippen molar-refractivity contribution in [3.63, 3.8) is 0 Å². The number of ether oxygens (including phenoxy) is 1. The second kappa shape index (κ2) is 8.06. The van der Waals surface area contributed by atoms with Crippen LogP contribution in [-0.2, 0) is 4.74 Å². The van der Waals surface area contributed by atoms with Crippen LogP contribution in [0, 0.1) is 10.1 Å². The van der Waals surface area contributed by atoms with E-state index in [-0.39, 0.29) is 11.4 Å². The van der Waals surface area contributed by atoms with Crippen molar-refractivity contribution in [2.45, 2.75) is 13.0 Å². The van der Waals surface area contributed by atoms with Crippen molar-refractivity contribution in [3.05, 3.63) is 87.1 Å². The predicted molar refractivity (Wildman–Crippen MR) is 101 cm³/mol. The normalized spacial score (nSPS) is 11.6. The third-order valence-electron chi connectivity index (χ3n) is 3.93. The summed E-state index contributed by atoms with van der Waals surface area (Å²) in [6.45, 7) is 1.46. The smallest absolute Gasteiger partial charge is 0.374 e. The lowest BCUT2D eigenvalue weighted by Crippen LogP contribution is -2.24. The number of benzene rings is 2. The molecule has 0 fully saturated rings. The van der Waals surface area contributed by atoms with Crippen molar-refractivity contribution in [1.29, 1.82) is 0 Å². The van der Waals surface area contributed by atoms with Gasteiger partial charge in [0.1, 0.15) is 5.76 Å². The number of halogens is 1. The monoisotopic (exact) mass is 399 g/mol. The minimum atomic E-state index is -1.03. The van der Waals surface area contributed by atoms with Crippen molar-refractivity contribution in [1.82, 2.24) is 0 Å². The molecule has 0 saturated heterocycles. The Morgan fingerprint density at radius 3 is 2.46 bits per heavy atom. The molecule has 2 aromatic carbocycles. The van der Waals surface area contributed by atoms with Gasteiger partial charge in [-0.3, -0.25) is 14.9 Å². The minimum absolute atomic E-state index is 0.0525. The van der Waals surface area contributed by atoms with Crippen LogP contribution in [0.5, 0.6) is 0 Å². The first-order valence-corrected chi connectivity index (χ1v) is 8.58. The summed E-state index contributed by atoms with van der Waals surface area (Å²) in [5.74, 6) is -0.927. The molecule has 0 saturated carbocycles. The molecule has 7 nitrogen and oxygen atoms in total. The first-order chi connectivity index (χ1) is 13.3. The standard InChI is InChI=1S/C20H14ClNO6/c1-12(19(23)14-3-2-4-15(21)11-14)27-20(24)18-10-9-17(28-18)13-5-7-16(8-6-13)22(25)26/h2-12H,1H3/t12-/m0/s1. The summed E-state index contributed by atoms with van der Waals surface area (Å²) in [5.41, 5.74) is 0.842. The number of esters is 1. The maximum absolute atomic E-state index is 12.4. The van der Waals surface area contributed by atoms with Crippen LogP contribution in [-0.4, -0.2) is 22.8 Å². The number of carbonyl (C=O) groups excluding carboxylic acids is 2. The van der Waals surface area contributed by atoms with Crippen molar-refractivity contribution in [2.75, 3.05) is 0 Å². The fourth-order valence-electron chi connectivity index (χ4n) is 2.50. The van der Waals surface area contributed by atoms with Gasteiger partial charge in [-0.05, 0) is 43.3 Å². The Balaban J connectivity index is 1.70. The molecule has 0 aliphatic carbocycles. The molecular weight excluding hydrogens is 386 g/mol. The number of hydrogen-bond donors (Lipinski definition) is 0. The van der Waals surface area contributed by atoms with Crippen molar-refractivity contribution in [2.24, 2.45) is 0 Å². The van der Waals surface area contributed by atoms with Crippen LogP contribution in [0.2, 0.25) is 5.02 Å². The van der Waals surface area contributed by atoms with Gasteiger partial charge in [0.15, 0.2) is 6.10 Å². The van der Waals surface area contributed by atoms with E-state index in [2.05, 4.69) is 0 Å². The molecule has 0 unspecified atom stereocenters. The van der Waals surface area contributed by atoms with Gasteiger partial charge < -0.3 is 9.15 Å². The highest BCUT2D eigenvalue weighted by atomic mass is 35.5. The zero-order chi connectivity index (χ0) is 20.3. The molecule has 0 amide bonds. The Morgan fingerprint density at radius 1 is 1.11 bits per heavy atom. The van der Waals surface area contributed by atoms with E-state index in [9.17, 15) is 19.7 Å². The maximum Gasteiger partial charge on any atom is 0.374 e. The third kappa shape index (κ3) is 4.27. The molecule has 0 N–H and O–H groups in total. The number of ketones is 1. The zero-order valence-electron chi connectivity index (χ0n) is 14.6. The number of carbonyl (C=O) groups is 2. The molecule has 0 aliphatic heterocycles. The molecule has 3 rings (SSSR count). The van der Waals surface area contributed by atoms with Gasteiger partial charge in [0, 0.05) is 28.3 Å². The van der Waals surface area contributed by atoms with Crippen molar-refractivity contribution in [3.8, 4) is 11.3 Å². The van der Waals surface area contributed by atoms with E-state index in [1.54, 1.807) is 24.3 Å². The van der Waals surface area contributed by atoms with Crippen LogP contribution in [0.25, 0.3) is 11.3 Å². The van der Waals surface area contributed by atoms with E-state index in [1.807, 2.05) is 0 Å². The molecule has 0 spiro atoms. The van der Waals surface area contributed by atoms with E-state index in [0.29, 0.717) is 21.9 Å². The molecule has 142 valence electrons. The van der Waals surface area contributed by atoms with Crippen LogP contribution in [0.1, 0.15) is 27.8 Å². The van der Waals surface area contributed by atoms with Gasteiger partial charge in [0.25, 0.3) is 5.69 Å². The summed E-state index contributed by atoms with van der Waals surface area (Å²) in [4.78, 5) is 34.8. The number of furan rings is 1. The first kappa shape index (κ1) is 19.3. The van der Waals surface area contributed by atoms with Crippen LogP contribution >= 0.6 is 11.6 Å². The molecule has 1 heterocycles. The lowest BCUT2D eigenvalue weighted by Gasteiger charge is -2.11. The van der Waals surface area contributed by atoms with E-state index < -0.39 is 22.8 Å². The molecule has 1 aromatic heterocycles. The molecule has 0 aliphatic rings. The molecular formula is C20H14ClNO6. The molecule has 0 radical (unpaired) electrons. The molecule has 0 bridgehead atoms. The summed E-state index contributed by atoms with van der Waals surface area (Å²) in [5, 5.41) is 11.1. The summed E-state index contributed by atoms with van der Waals surface area (Å²) in [6, 6.07) is 15.0. The summed E-state index contributed by atoms with van der Waals surface area (Å²) >= 11 is 5.87. The van der Waals surface area contributed by atoms with E-state index in [0.717, 1.165) is 0 Å². The van der Waals surface area contributed by atoms with E-state index >= 15 is 0 Å². The summed E-state index contributed by atoms with van der Waals surface area (Å²) < 4.78 is 10.6. The molecule has 28 heavy (non-hydrogen) atoms. The Hall–Kier alpha value is -3.45. The number of nitro groups is 1. The number of hydrogen-bond acceptors (Lipinski definition) is 6. The van der Waals surface area contributed by atoms with Gasteiger partial charge in [-0.15, -0.1) is 0 Å². The van der Waals surface area contributed by atoms with E-state index in [4.69, 9.17) is 20.8 Å². The van der Waals surface area contributed by atoms with Crippen LogP contribution in [0.4, 0.5) is 5.69 Å². The fraction of sp³-hybridized carbons (Fsp3) is 0.100. The number of nitro benzene ring substituents is 1. The Bertz CT molecular complexity index is 1040. The van der Waals surface area contributed by atoms with Gasteiger partial charge in [-0.1, -0.05) is 23.7 Å². The van der Waals surface area contributed by atoms with Crippen molar-refractivity contribution >= 4 is 29.0 Å². The second-order valence-corrected chi connectivity index (χ2v) is 6.33. The average Bonchev–Trinajstić information content (AvgIpc) is 3.17. The zero-order valence-corrected chi connectivity index (χ0v) is 15.4. The van der Waals surface area contributed by atoms with E-state index in [1.165, 1.54) is 43.3 Å². The number of Topliss-reactive ketones (excluding diaryl/α,β-unsaturated/α-hetero) is 1. The minimum Gasteiger partial charge on any atom is -0.449 e. The SMILES string of the molecule is C[C@H](OC(=O)c1ccc(-c2ccc([N+](=O)[O-])cc2)o1)C(=O)c1cccc(Cl)c1. The summed E-state index contributed by atoms with van der Waals surface area (Å²) in [6.07, 6.45) is -1.03. The molecule has 3 aromatic rings. The summed E-state index contributed by atoms with van der Waals surface area (Å²) in [7, 11) is 0. The average molecular weight is 400 g/mol. The Labute approximate surface area is 164 Å². The molecule has 8 heteroatoms. The highest BCUT2D eigenvalue weighted by Crippen LogP contribution is 2.25. The van der Waals surface area contributed by atoms with Gasteiger partial charge >= 0.3 is 5.97 Å². The second-order valence-electron chi connectivity index (χ2n) is 5.89. The Morgan fingerprint density at radius 2 is 1.82 bits per heavy atom. The number of non-ortho nitro benzene ring substituents is 1. The van der Waals surface area contributed by atoms with Crippen LogP contribution in [0.15, 0.2) is 65.1 Å². The van der Waals surface area contributed by atoms with Crippen molar-refractivity contribution < 1.29 is 23.7 Å². The quantitative estimate of drug-likeness (QED) is 0.252. The van der Waals surface area contributed by atoms with Gasteiger partial charge in [-0.2, -0.15) is 0 Å². The van der Waals surface area contributed by atoms with Gasteiger partial charge in [-0.25, -0.2) is 4.79 Å². The molecule has 1 atom stereocenters. The largest absolute Gasteiger partial charge is 0.449 e. The highest BCUT2D eigenvalue weighted by molar-refractivity contribution is 6.31. The maximum atomic E-state index is 12.4. The third-order valence-corrected chi connectivity index (χ3v) is 4.17. The number of rotatable bonds is 6. The first-order valence-electron chi connectivity index (χ1n) is 8.20. The topological polar surface area (TPSA) is 99.7 Å². The Kier molecular flexibility index (Phi) is 5.56.